The summed E-state index contributed by atoms with van der Waals surface area (Å²) in [6, 6.07) is 0. The maximum absolute atomic E-state index is 5.33. The zero-order chi connectivity index (χ0) is 11.4. The highest BCUT2D eigenvalue weighted by Gasteiger charge is 2.33. The van der Waals surface area contributed by atoms with Gasteiger partial charge in [-0.1, -0.05) is 5.16 Å². The first-order valence-corrected chi connectivity index (χ1v) is 5.82. The second kappa shape index (κ2) is 4.93. The Kier molecular flexibility index (Phi) is 3.56. The number of methoxy groups -OCH3 is 1. The van der Waals surface area contributed by atoms with Crippen molar-refractivity contribution in [2.45, 2.75) is 38.1 Å². The number of piperidine rings is 1. The Balaban J connectivity index is 2.05. The average molecular weight is 225 g/mol. The topological polar surface area (TPSA) is 60.2 Å². The zero-order valence-electron chi connectivity index (χ0n) is 9.95. The minimum absolute atomic E-state index is 0.142. The van der Waals surface area contributed by atoms with Gasteiger partial charge in [0.2, 0.25) is 5.89 Å². The van der Waals surface area contributed by atoms with E-state index in [1.165, 1.54) is 12.8 Å². The molecule has 0 saturated carbocycles. The summed E-state index contributed by atoms with van der Waals surface area (Å²) in [4.78, 5) is 4.42. The van der Waals surface area contributed by atoms with Gasteiger partial charge in [-0.25, -0.2) is 0 Å². The van der Waals surface area contributed by atoms with Crippen molar-refractivity contribution in [2.24, 2.45) is 0 Å². The fourth-order valence-electron chi connectivity index (χ4n) is 2.01. The Morgan fingerprint density at radius 2 is 2.38 bits per heavy atom. The molecule has 1 aromatic rings. The van der Waals surface area contributed by atoms with Crippen LogP contribution in [-0.2, 0) is 16.7 Å². The molecule has 90 valence electrons. The number of hydrogen-bond acceptors (Lipinski definition) is 5. The van der Waals surface area contributed by atoms with E-state index < -0.39 is 0 Å². The maximum Gasteiger partial charge on any atom is 0.246 e. The van der Waals surface area contributed by atoms with Crippen molar-refractivity contribution in [3.63, 3.8) is 0 Å². The van der Waals surface area contributed by atoms with Gasteiger partial charge in [-0.05, 0) is 32.7 Å². The Hall–Kier alpha value is -0.940. The van der Waals surface area contributed by atoms with E-state index in [0.717, 1.165) is 18.8 Å². The molecule has 1 atom stereocenters. The quantitative estimate of drug-likeness (QED) is 0.835. The molecule has 0 radical (unpaired) electrons. The summed E-state index contributed by atoms with van der Waals surface area (Å²) >= 11 is 0. The molecular weight excluding hydrogens is 206 g/mol. The molecule has 5 heteroatoms. The lowest BCUT2D eigenvalue weighted by molar-refractivity contribution is 0.197. The number of aromatic nitrogens is 2. The van der Waals surface area contributed by atoms with E-state index in [2.05, 4.69) is 22.4 Å². The third kappa shape index (κ3) is 2.41. The van der Waals surface area contributed by atoms with Crippen molar-refractivity contribution in [2.75, 3.05) is 20.3 Å². The SMILES string of the molecule is COCCc1noc(C2(C)CCCCN2)n1. The second-order valence-electron chi connectivity index (χ2n) is 4.47. The van der Waals surface area contributed by atoms with Crippen molar-refractivity contribution in [1.29, 1.82) is 0 Å². The summed E-state index contributed by atoms with van der Waals surface area (Å²) < 4.78 is 10.3. The van der Waals surface area contributed by atoms with Crippen molar-refractivity contribution >= 4 is 0 Å². The molecule has 16 heavy (non-hydrogen) atoms. The van der Waals surface area contributed by atoms with Crippen LogP contribution in [0.5, 0.6) is 0 Å². The monoisotopic (exact) mass is 225 g/mol. The molecule has 0 amide bonds. The predicted octanol–water partition coefficient (Wildman–Crippen LogP) is 1.25. The van der Waals surface area contributed by atoms with Crippen LogP contribution in [0.15, 0.2) is 4.52 Å². The summed E-state index contributed by atoms with van der Waals surface area (Å²) in [6.07, 6.45) is 4.19. The van der Waals surface area contributed by atoms with Crippen molar-refractivity contribution < 1.29 is 9.26 Å². The van der Waals surface area contributed by atoms with E-state index in [1.807, 2.05) is 0 Å². The van der Waals surface area contributed by atoms with E-state index in [-0.39, 0.29) is 5.54 Å². The van der Waals surface area contributed by atoms with Gasteiger partial charge >= 0.3 is 0 Å². The van der Waals surface area contributed by atoms with E-state index in [9.17, 15) is 0 Å². The van der Waals surface area contributed by atoms with Gasteiger partial charge in [-0.15, -0.1) is 0 Å². The first kappa shape index (κ1) is 11.5. The molecule has 1 saturated heterocycles. The van der Waals surface area contributed by atoms with Crippen LogP contribution in [0.1, 0.15) is 37.9 Å². The van der Waals surface area contributed by atoms with Crippen LogP contribution in [0.2, 0.25) is 0 Å². The largest absolute Gasteiger partial charge is 0.384 e. The summed E-state index contributed by atoms with van der Waals surface area (Å²) in [5.74, 6) is 1.43. The number of hydrogen-bond donors (Lipinski definition) is 1. The van der Waals surface area contributed by atoms with Gasteiger partial charge in [0.1, 0.15) is 0 Å². The summed E-state index contributed by atoms with van der Waals surface area (Å²) in [6.45, 7) is 3.77. The highest BCUT2D eigenvalue weighted by molar-refractivity contribution is 5.03. The first-order valence-electron chi connectivity index (χ1n) is 5.82. The molecule has 0 aliphatic carbocycles. The molecule has 1 aliphatic heterocycles. The standard InChI is InChI=1S/C11H19N3O2/c1-11(6-3-4-7-12-11)10-13-9(14-16-10)5-8-15-2/h12H,3-8H2,1-2H3. The van der Waals surface area contributed by atoms with Crippen LogP contribution in [0.3, 0.4) is 0 Å². The third-order valence-corrected chi connectivity index (χ3v) is 3.09. The number of ether oxygens (including phenoxy) is 1. The number of rotatable bonds is 4. The minimum Gasteiger partial charge on any atom is -0.384 e. The van der Waals surface area contributed by atoms with Gasteiger partial charge < -0.3 is 14.6 Å². The Bertz CT molecular complexity index is 332. The lowest BCUT2D eigenvalue weighted by Crippen LogP contribution is -2.43. The highest BCUT2D eigenvalue weighted by Crippen LogP contribution is 2.28. The fourth-order valence-corrected chi connectivity index (χ4v) is 2.01. The molecule has 2 rings (SSSR count). The van der Waals surface area contributed by atoms with Gasteiger partial charge in [-0.3, -0.25) is 0 Å². The summed E-state index contributed by atoms with van der Waals surface area (Å²) in [7, 11) is 1.67. The van der Waals surface area contributed by atoms with Crippen molar-refractivity contribution in [3.8, 4) is 0 Å². The molecule has 0 aromatic carbocycles. The molecule has 0 bridgehead atoms. The molecule has 5 nitrogen and oxygen atoms in total. The lowest BCUT2D eigenvalue weighted by atomic mass is 9.91. The van der Waals surface area contributed by atoms with Crippen LogP contribution in [0.4, 0.5) is 0 Å². The lowest BCUT2D eigenvalue weighted by Gasteiger charge is -2.31. The average Bonchev–Trinajstić information content (AvgIpc) is 2.77. The van der Waals surface area contributed by atoms with Crippen LogP contribution < -0.4 is 5.32 Å². The zero-order valence-corrected chi connectivity index (χ0v) is 9.95. The van der Waals surface area contributed by atoms with E-state index in [0.29, 0.717) is 18.9 Å². The second-order valence-corrected chi connectivity index (χ2v) is 4.47. The number of nitrogens with one attached hydrogen (secondary N) is 1. The van der Waals surface area contributed by atoms with Gasteiger partial charge in [0.15, 0.2) is 5.82 Å². The predicted molar refractivity (Wildman–Crippen MR) is 59.1 cm³/mol. The number of nitrogens with zero attached hydrogens (tertiary/aromatic N) is 2. The summed E-state index contributed by atoms with van der Waals surface area (Å²) in [5.41, 5.74) is -0.142. The van der Waals surface area contributed by atoms with Crippen molar-refractivity contribution in [3.05, 3.63) is 11.7 Å². The molecule has 0 spiro atoms. The first-order chi connectivity index (χ1) is 7.74. The van der Waals surface area contributed by atoms with Crippen LogP contribution in [-0.4, -0.2) is 30.4 Å². The van der Waals surface area contributed by atoms with Gasteiger partial charge in [0, 0.05) is 13.5 Å². The van der Waals surface area contributed by atoms with Crippen LogP contribution in [0, 0.1) is 0 Å². The van der Waals surface area contributed by atoms with Gasteiger partial charge in [0.25, 0.3) is 0 Å². The molecule has 1 aromatic heterocycles. The van der Waals surface area contributed by atoms with Crippen LogP contribution >= 0.6 is 0 Å². The Morgan fingerprint density at radius 3 is 3.06 bits per heavy atom. The molecule has 1 fully saturated rings. The van der Waals surface area contributed by atoms with Crippen LogP contribution in [0.25, 0.3) is 0 Å². The Morgan fingerprint density at radius 1 is 1.50 bits per heavy atom. The summed E-state index contributed by atoms with van der Waals surface area (Å²) in [5, 5.41) is 7.42. The molecule has 1 unspecified atom stereocenters. The fraction of sp³-hybridized carbons (Fsp3) is 0.818. The third-order valence-electron chi connectivity index (χ3n) is 3.09. The molecule has 1 N–H and O–H groups in total. The molecule has 2 heterocycles. The van der Waals surface area contributed by atoms with Crippen molar-refractivity contribution in [1.82, 2.24) is 15.5 Å². The maximum atomic E-state index is 5.33. The van der Waals surface area contributed by atoms with E-state index >= 15 is 0 Å². The molecular formula is C11H19N3O2. The minimum atomic E-state index is -0.142. The smallest absolute Gasteiger partial charge is 0.246 e. The van der Waals surface area contributed by atoms with Gasteiger partial charge in [0.05, 0.1) is 12.1 Å². The van der Waals surface area contributed by atoms with Gasteiger partial charge in [-0.2, -0.15) is 4.98 Å². The Labute approximate surface area is 95.6 Å². The van der Waals surface area contributed by atoms with E-state index in [4.69, 9.17) is 9.26 Å². The normalized spacial score (nSPS) is 25.9. The van der Waals surface area contributed by atoms with E-state index in [1.54, 1.807) is 7.11 Å². The molecule has 1 aliphatic rings. The highest BCUT2D eigenvalue weighted by atomic mass is 16.5.